The second-order valence-corrected chi connectivity index (χ2v) is 9.18. The molecule has 2 N–H and O–H groups in total. The molecule has 1 aromatic heterocycles. The van der Waals surface area contributed by atoms with Crippen LogP contribution in [0.2, 0.25) is 5.02 Å². The lowest BCUT2D eigenvalue weighted by molar-refractivity contribution is -0.117. The van der Waals surface area contributed by atoms with E-state index in [-0.39, 0.29) is 12.1 Å². The highest BCUT2D eigenvalue weighted by Crippen LogP contribution is 2.25. The number of hydrogen-bond acceptors (Lipinski definition) is 6. The quantitative estimate of drug-likeness (QED) is 0.449. The Morgan fingerprint density at radius 2 is 1.67 bits per heavy atom. The molecule has 1 aliphatic rings. The molecule has 0 bridgehead atoms. The maximum Gasteiger partial charge on any atom is 0.138 e. The molecule has 0 amide bonds. The molecular formula is C26H26ClN5O. The van der Waals surface area contributed by atoms with Crippen LogP contribution in [0.25, 0.3) is 21.7 Å². The number of nitrogens with two attached hydrogens (primary N) is 1. The van der Waals surface area contributed by atoms with Crippen LogP contribution >= 0.6 is 11.6 Å². The predicted molar refractivity (Wildman–Crippen MR) is 133 cm³/mol. The van der Waals surface area contributed by atoms with Crippen molar-refractivity contribution in [3.8, 4) is 0 Å². The summed E-state index contributed by atoms with van der Waals surface area (Å²) < 4.78 is 0. The highest BCUT2D eigenvalue weighted by Gasteiger charge is 2.33. The average molecular weight is 460 g/mol. The van der Waals surface area contributed by atoms with Gasteiger partial charge in [0.15, 0.2) is 0 Å². The second-order valence-electron chi connectivity index (χ2n) is 8.74. The Kier molecular flexibility index (Phi) is 5.98. The lowest BCUT2D eigenvalue weighted by Gasteiger charge is -2.44. The van der Waals surface area contributed by atoms with Crippen LogP contribution in [-0.4, -0.2) is 51.2 Å². The van der Waals surface area contributed by atoms with Gasteiger partial charge in [-0.15, -0.1) is 0 Å². The Bertz CT molecular complexity index is 1330. The van der Waals surface area contributed by atoms with Crippen LogP contribution in [0.5, 0.6) is 0 Å². The first-order valence-corrected chi connectivity index (χ1v) is 11.5. The molecule has 0 radical (unpaired) electrons. The topological polar surface area (TPSA) is 75.3 Å². The predicted octanol–water partition coefficient (Wildman–Crippen LogP) is 4.29. The summed E-state index contributed by atoms with van der Waals surface area (Å²) >= 11 is 6.11. The third-order valence-corrected chi connectivity index (χ3v) is 6.91. The van der Waals surface area contributed by atoms with E-state index in [1.807, 2.05) is 30.3 Å². The summed E-state index contributed by atoms with van der Waals surface area (Å²) in [5.41, 5.74) is 9.12. The monoisotopic (exact) mass is 459 g/mol. The molecule has 1 saturated heterocycles. The number of nitrogen functional groups attached to an aromatic ring is 1. The van der Waals surface area contributed by atoms with E-state index in [0.717, 1.165) is 52.8 Å². The molecule has 168 valence electrons. The second kappa shape index (κ2) is 9.06. The van der Waals surface area contributed by atoms with Gasteiger partial charge in [0.2, 0.25) is 0 Å². The molecule has 0 spiro atoms. The van der Waals surface area contributed by atoms with E-state index in [9.17, 15) is 4.79 Å². The molecule has 1 unspecified atom stereocenters. The number of nitrogens with zero attached hydrogens (tertiary/aromatic N) is 4. The molecule has 1 aliphatic heterocycles. The van der Waals surface area contributed by atoms with Crippen LogP contribution in [0.1, 0.15) is 18.1 Å². The van der Waals surface area contributed by atoms with Gasteiger partial charge in [-0.1, -0.05) is 35.9 Å². The normalized spacial score (nSPS) is 19.8. The van der Waals surface area contributed by atoms with Crippen LogP contribution in [0.4, 0.5) is 5.82 Å². The molecule has 4 aromatic rings. The van der Waals surface area contributed by atoms with Gasteiger partial charge < -0.3 is 10.5 Å². The summed E-state index contributed by atoms with van der Waals surface area (Å²) in [6, 6.07) is 18.4. The largest absolute Gasteiger partial charge is 0.383 e. The lowest BCUT2D eigenvalue weighted by atomic mass is 10.0. The van der Waals surface area contributed by atoms with Crippen molar-refractivity contribution in [2.45, 2.75) is 32.1 Å². The minimum Gasteiger partial charge on any atom is -0.383 e. The number of carbonyl (C=O) groups excluding carboxylic acids is 1. The van der Waals surface area contributed by atoms with E-state index in [1.165, 1.54) is 17.3 Å². The zero-order chi connectivity index (χ0) is 22.9. The van der Waals surface area contributed by atoms with E-state index in [4.69, 9.17) is 17.3 Å². The number of benzene rings is 3. The van der Waals surface area contributed by atoms with Gasteiger partial charge in [0.25, 0.3) is 0 Å². The summed E-state index contributed by atoms with van der Waals surface area (Å²) in [7, 11) is 0. The van der Waals surface area contributed by atoms with Crippen molar-refractivity contribution < 1.29 is 4.79 Å². The number of carbonyl (C=O) groups is 1. The summed E-state index contributed by atoms with van der Waals surface area (Å²) in [5, 5.41) is 3.91. The zero-order valence-corrected chi connectivity index (χ0v) is 19.2. The molecule has 2 heterocycles. The number of fused-ring (bicyclic) bond motifs is 2. The van der Waals surface area contributed by atoms with Crippen LogP contribution in [0, 0.1) is 0 Å². The molecule has 1 fully saturated rings. The molecule has 5 rings (SSSR count). The number of aromatic nitrogens is 2. The molecule has 33 heavy (non-hydrogen) atoms. The number of rotatable bonds is 5. The summed E-state index contributed by atoms with van der Waals surface area (Å²) in [5.74, 6) is 0.483. The van der Waals surface area contributed by atoms with Crippen molar-refractivity contribution in [1.29, 1.82) is 0 Å². The maximum absolute atomic E-state index is 12.1. The first-order valence-electron chi connectivity index (χ1n) is 11.1. The van der Waals surface area contributed by atoms with Crippen LogP contribution in [0.15, 0.2) is 60.9 Å². The number of piperazine rings is 1. The van der Waals surface area contributed by atoms with E-state index >= 15 is 0 Å². The van der Waals surface area contributed by atoms with E-state index < -0.39 is 0 Å². The van der Waals surface area contributed by atoms with E-state index in [0.29, 0.717) is 12.4 Å². The summed E-state index contributed by atoms with van der Waals surface area (Å²) in [4.78, 5) is 25.1. The van der Waals surface area contributed by atoms with Gasteiger partial charge in [0.1, 0.15) is 18.4 Å². The Morgan fingerprint density at radius 3 is 2.52 bits per heavy atom. The van der Waals surface area contributed by atoms with Crippen molar-refractivity contribution in [2.24, 2.45) is 0 Å². The van der Waals surface area contributed by atoms with Gasteiger partial charge in [0, 0.05) is 42.6 Å². The van der Waals surface area contributed by atoms with Gasteiger partial charge >= 0.3 is 0 Å². The van der Waals surface area contributed by atoms with Gasteiger partial charge in [-0.05, 0) is 59.2 Å². The number of hydrogen-bond donors (Lipinski definition) is 1. The molecule has 2 atom stereocenters. The fraction of sp³-hybridized carbons (Fsp3) is 0.269. The lowest BCUT2D eigenvalue weighted by Crippen LogP contribution is -2.58. The fourth-order valence-electron chi connectivity index (χ4n) is 4.79. The molecule has 3 aromatic carbocycles. The van der Waals surface area contributed by atoms with E-state index in [2.05, 4.69) is 51.0 Å². The van der Waals surface area contributed by atoms with Gasteiger partial charge in [-0.2, -0.15) is 0 Å². The van der Waals surface area contributed by atoms with Crippen molar-refractivity contribution >= 4 is 45.4 Å². The standard InChI is InChI=1S/C26H26ClN5O/c1-17-25(15-33)32(14-19-3-7-23-24(11-19)29-16-30-26(23)28)9-8-31(17)13-18-2-4-21-12-22(27)6-5-20(21)10-18/h2-7,10-12,15-17,25H,8-9,13-14H2,1H3,(H2,28,29,30)/t17-,25?/m0/s1. The van der Waals surface area contributed by atoms with Crippen LogP contribution in [-0.2, 0) is 17.9 Å². The molecule has 0 saturated carbocycles. The van der Waals surface area contributed by atoms with Crippen LogP contribution < -0.4 is 5.73 Å². The van der Waals surface area contributed by atoms with Crippen molar-refractivity contribution in [3.63, 3.8) is 0 Å². The van der Waals surface area contributed by atoms with Crippen LogP contribution in [0.3, 0.4) is 0 Å². The Hall–Kier alpha value is -3.06. The third-order valence-electron chi connectivity index (χ3n) is 6.68. The minimum atomic E-state index is -0.177. The van der Waals surface area contributed by atoms with Crippen molar-refractivity contribution in [1.82, 2.24) is 19.8 Å². The first-order chi connectivity index (χ1) is 16.0. The summed E-state index contributed by atoms with van der Waals surface area (Å²) in [6.07, 6.45) is 2.57. The molecule has 6 nitrogen and oxygen atoms in total. The zero-order valence-electron chi connectivity index (χ0n) is 18.5. The van der Waals surface area contributed by atoms with Crippen molar-refractivity contribution in [3.05, 3.63) is 77.1 Å². The smallest absolute Gasteiger partial charge is 0.138 e. The van der Waals surface area contributed by atoms with Gasteiger partial charge in [-0.25, -0.2) is 9.97 Å². The SMILES string of the molecule is C[C@H]1C(C=O)N(Cc2ccc3c(N)ncnc3c2)CCN1Cc1ccc2cc(Cl)ccc2c1. The Morgan fingerprint density at radius 1 is 0.970 bits per heavy atom. The molecular weight excluding hydrogens is 434 g/mol. The Balaban J connectivity index is 1.31. The van der Waals surface area contributed by atoms with E-state index in [1.54, 1.807) is 0 Å². The van der Waals surface area contributed by atoms with Gasteiger partial charge in [0.05, 0.1) is 11.6 Å². The highest BCUT2D eigenvalue weighted by molar-refractivity contribution is 6.31. The number of anilines is 1. The maximum atomic E-state index is 12.1. The molecule has 0 aliphatic carbocycles. The number of aldehydes is 1. The van der Waals surface area contributed by atoms with Crippen molar-refractivity contribution in [2.75, 3.05) is 18.8 Å². The first kappa shape index (κ1) is 21.8. The third kappa shape index (κ3) is 4.42. The Labute approximate surface area is 198 Å². The highest BCUT2D eigenvalue weighted by atomic mass is 35.5. The summed E-state index contributed by atoms with van der Waals surface area (Å²) in [6.45, 7) is 5.36. The number of halogens is 1. The average Bonchev–Trinajstić information content (AvgIpc) is 2.81. The van der Waals surface area contributed by atoms with Gasteiger partial charge in [-0.3, -0.25) is 9.80 Å². The fourth-order valence-corrected chi connectivity index (χ4v) is 4.97. The minimum absolute atomic E-state index is 0.107. The molecule has 7 heteroatoms.